The third kappa shape index (κ3) is 5.88. The normalized spacial score (nSPS) is 11.9. The van der Waals surface area contributed by atoms with Gasteiger partial charge in [-0.05, 0) is 17.7 Å². The lowest BCUT2D eigenvalue weighted by Crippen LogP contribution is -2.23. The van der Waals surface area contributed by atoms with Gasteiger partial charge in [-0.2, -0.15) is 0 Å². The van der Waals surface area contributed by atoms with Crippen molar-refractivity contribution in [2.75, 3.05) is 25.6 Å². The third-order valence-corrected chi connectivity index (χ3v) is 2.98. The van der Waals surface area contributed by atoms with E-state index in [-0.39, 0.29) is 5.41 Å². The average molecular weight is 279 g/mol. The Morgan fingerprint density at radius 1 is 1.25 bits per heavy atom. The van der Waals surface area contributed by atoms with Crippen LogP contribution in [0.25, 0.3) is 0 Å². The molecule has 1 heterocycles. The van der Waals surface area contributed by atoms with Gasteiger partial charge in [0.1, 0.15) is 5.82 Å². The van der Waals surface area contributed by atoms with Crippen LogP contribution in [0.3, 0.4) is 0 Å². The van der Waals surface area contributed by atoms with E-state index in [1.54, 1.807) is 7.11 Å². The molecule has 1 rings (SSSR count). The van der Waals surface area contributed by atoms with Crippen molar-refractivity contribution in [3.05, 3.63) is 23.4 Å². The zero-order chi connectivity index (χ0) is 15.2. The van der Waals surface area contributed by atoms with E-state index < -0.39 is 0 Å². The number of nitrogens with zero attached hydrogens (tertiary/aromatic N) is 1. The van der Waals surface area contributed by atoms with Gasteiger partial charge in [-0.15, -0.1) is 0 Å². The molecule has 0 atom stereocenters. The molecule has 0 unspecified atom stereocenters. The minimum Gasteiger partial charge on any atom is -0.383 e. The number of hydrogen-bond donors (Lipinski definition) is 2. The second kappa shape index (κ2) is 7.60. The van der Waals surface area contributed by atoms with E-state index in [0.717, 1.165) is 24.6 Å². The molecule has 2 N–H and O–H groups in total. The first-order chi connectivity index (χ1) is 9.32. The molecule has 0 fully saturated rings. The highest BCUT2D eigenvalue weighted by atomic mass is 16.5. The Kier molecular flexibility index (Phi) is 6.43. The predicted molar refractivity (Wildman–Crippen MR) is 85.3 cm³/mol. The molecule has 4 heteroatoms. The van der Waals surface area contributed by atoms with Crippen LogP contribution in [0.4, 0.5) is 5.82 Å². The van der Waals surface area contributed by atoms with Crippen LogP contribution in [-0.2, 0) is 16.7 Å². The van der Waals surface area contributed by atoms with Crippen LogP contribution in [-0.4, -0.2) is 31.3 Å². The monoisotopic (exact) mass is 279 g/mol. The van der Waals surface area contributed by atoms with Gasteiger partial charge in [-0.1, -0.05) is 34.6 Å². The Labute approximate surface area is 123 Å². The van der Waals surface area contributed by atoms with E-state index >= 15 is 0 Å². The van der Waals surface area contributed by atoms with Crippen molar-refractivity contribution >= 4 is 5.82 Å². The SMILES string of the molecule is COCCNc1cc(CNC(C)C)cc(C(C)(C)C)n1. The third-order valence-electron chi connectivity index (χ3n) is 2.98. The first kappa shape index (κ1) is 16.9. The van der Waals surface area contributed by atoms with Gasteiger partial charge in [-0.3, -0.25) is 0 Å². The van der Waals surface area contributed by atoms with Crippen molar-refractivity contribution in [3.8, 4) is 0 Å². The van der Waals surface area contributed by atoms with E-state index in [2.05, 4.69) is 57.4 Å². The maximum atomic E-state index is 5.07. The van der Waals surface area contributed by atoms with Crippen LogP contribution in [0.2, 0.25) is 0 Å². The summed E-state index contributed by atoms with van der Waals surface area (Å²) in [6.07, 6.45) is 0. The summed E-state index contributed by atoms with van der Waals surface area (Å²) in [4.78, 5) is 4.71. The van der Waals surface area contributed by atoms with Gasteiger partial charge >= 0.3 is 0 Å². The maximum Gasteiger partial charge on any atom is 0.126 e. The quantitative estimate of drug-likeness (QED) is 0.753. The molecule has 0 amide bonds. The number of aromatic nitrogens is 1. The highest BCUT2D eigenvalue weighted by Gasteiger charge is 2.17. The van der Waals surface area contributed by atoms with Crippen molar-refractivity contribution in [1.29, 1.82) is 0 Å². The fraction of sp³-hybridized carbons (Fsp3) is 0.688. The van der Waals surface area contributed by atoms with Crippen LogP contribution < -0.4 is 10.6 Å². The molecule has 0 spiro atoms. The highest BCUT2D eigenvalue weighted by molar-refractivity contribution is 5.41. The summed E-state index contributed by atoms with van der Waals surface area (Å²) in [7, 11) is 1.71. The van der Waals surface area contributed by atoms with Crippen molar-refractivity contribution < 1.29 is 4.74 Å². The molecule has 1 aromatic heterocycles. The lowest BCUT2D eigenvalue weighted by molar-refractivity contribution is 0.210. The van der Waals surface area contributed by atoms with E-state index in [4.69, 9.17) is 9.72 Å². The molecule has 0 bridgehead atoms. The Morgan fingerprint density at radius 3 is 2.50 bits per heavy atom. The van der Waals surface area contributed by atoms with Crippen molar-refractivity contribution in [1.82, 2.24) is 10.3 Å². The summed E-state index contributed by atoms with van der Waals surface area (Å²) in [5.41, 5.74) is 2.42. The molecular weight excluding hydrogens is 250 g/mol. The summed E-state index contributed by atoms with van der Waals surface area (Å²) in [5, 5.41) is 6.78. The molecule has 0 aliphatic carbocycles. The number of methoxy groups -OCH3 is 1. The van der Waals surface area contributed by atoms with Gasteiger partial charge in [0.15, 0.2) is 0 Å². The summed E-state index contributed by atoms with van der Waals surface area (Å²) < 4.78 is 5.07. The Bertz CT molecular complexity index is 411. The van der Waals surface area contributed by atoms with Gasteiger partial charge in [-0.25, -0.2) is 4.98 Å². The second-order valence-corrected chi connectivity index (χ2v) is 6.45. The molecule has 0 aliphatic heterocycles. The topological polar surface area (TPSA) is 46.2 Å². The van der Waals surface area contributed by atoms with Crippen molar-refractivity contribution in [2.24, 2.45) is 0 Å². The van der Waals surface area contributed by atoms with Gasteiger partial charge in [0.2, 0.25) is 0 Å². The molecule has 0 saturated heterocycles. The predicted octanol–water partition coefficient (Wildman–Crippen LogP) is 2.94. The van der Waals surface area contributed by atoms with Gasteiger partial charge in [0, 0.05) is 37.4 Å². The molecule has 20 heavy (non-hydrogen) atoms. The average Bonchev–Trinajstić information content (AvgIpc) is 2.35. The van der Waals surface area contributed by atoms with Crippen LogP contribution in [0, 0.1) is 0 Å². The number of rotatable bonds is 7. The van der Waals surface area contributed by atoms with Gasteiger partial charge in [0.05, 0.1) is 6.61 Å². The number of ether oxygens (including phenoxy) is 1. The molecule has 0 aromatic carbocycles. The summed E-state index contributed by atoms with van der Waals surface area (Å²) in [6.45, 7) is 13.2. The van der Waals surface area contributed by atoms with Gasteiger partial charge < -0.3 is 15.4 Å². The van der Waals surface area contributed by atoms with Crippen molar-refractivity contribution in [2.45, 2.75) is 52.6 Å². The van der Waals surface area contributed by atoms with Gasteiger partial charge in [0.25, 0.3) is 0 Å². The lowest BCUT2D eigenvalue weighted by atomic mass is 9.90. The smallest absolute Gasteiger partial charge is 0.126 e. The molecule has 1 aromatic rings. The molecule has 0 radical (unpaired) electrons. The fourth-order valence-electron chi connectivity index (χ4n) is 1.77. The van der Waals surface area contributed by atoms with Crippen LogP contribution in [0.5, 0.6) is 0 Å². The van der Waals surface area contributed by atoms with Crippen LogP contribution in [0.15, 0.2) is 12.1 Å². The number of nitrogens with one attached hydrogen (secondary N) is 2. The molecule has 0 saturated carbocycles. The maximum absolute atomic E-state index is 5.07. The second-order valence-electron chi connectivity index (χ2n) is 6.45. The summed E-state index contributed by atoms with van der Waals surface area (Å²) in [5.74, 6) is 0.926. The van der Waals surface area contributed by atoms with E-state index in [0.29, 0.717) is 12.6 Å². The Hall–Kier alpha value is -1.13. The van der Waals surface area contributed by atoms with Crippen LogP contribution in [0.1, 0.15) is 45.9 Å². The number of hydrogen-bond acceptors (Lipinski definition) is 4. The lowest BCUT2D eigenvalue weighted by Gasteiger charge is -2.21. The fourth-order valence-corrected chi connectivity index (χ4v) is 1.77. The van der Waals surface area contributed by atoms with E-state index in [1.165, 1.54) is 5.56 Å². The molecule has 4 nitrogen and oxygen atoms in total. The molecule has 114 valence electrons. The summed E-state index contributed by atoms with van der Waals surface area (Å²) in [6, 6.07) is 4.78. The standard InChI is InChI=1S/C16H29N3O/c1-12(2)18-11-13-9-14(16(3,4)5)19-15(10-13)17-7-8-20-6/h9-10,12,18H,7-8,11H2,1-6H3,(H,17,19). The largest absolute Gasteiger partial charge is 0.383 e. The van der Waals surface area contributed by atoms with E-state index in [1.807, 2.05) is 0 Å². The first-order valence-corrected chi connectivity index (χ1v) is 7.30. The Balaban J connectivity index is 2.89. The first-order valence-electron chi connectivity index (χ1n) is 7.30. The van der Waals surface area contributed by atoms with Crippen molar-refractivity contribution in [3.63, 3.8) is 0 Å². The Morgan fingerprint density at radius 2 is 1.95 bits per heavy atom. The molecular formula is C16H29N3O. The number of anilines is 1. The molecule has 0 aliphatic rings. The zero-order valence-corrected chi connectivity index (χ0v) is 13.7. The zero-order valence-electron chi connectivity index (χ0n) is 13.7. The number of pyridine rings is 1. The highest BCUT2D eigenvalue weighted by Crippen LogP contribution is 2.23. The minimum absolute atomic E-state index is 0.0471. The summed E-state index contributed by atoms with van der Waals surface area (Å²) >= 11 is 0. The van der Waals surface area contributed by atoms with Crippen LogP contribution >= 0.6 is 0 Å². The minimum atomic E-state index is 0.0471. The van der Waals surface area contributed by atoms with E-state index in [9.17, 15) is 0 Å².